The van der Waals surface area contributed by atoms with Gasteiger partial charge in [-0.05, 0) is 54.4 Å². The number of nitrogens with one attached hydrogen (secondary N) is 1. The maximum atomic E-state index is 12.4. The molecule has 1 amide bonds. The number of nitriles is 1. The Balaban J connectivity index is 1.78. The van der Waals surface area contributed by atoms with Crippen molar-refractivity contribution in [2.75, 3.05) is 5.32 Å². The predicted molar refractivity (Wildman–Crippen MR) is 110 cm³/mol. The summed E-state index contributed by atoms with van der Waals surface area (Å²) in [5.74, 6) is 0.333. The third-order valence-corrected chi connectivity index (χ3v) is 6.88. The standard InChI is InChI=1S/C21H20ClN3OS/c1-21(2,3)11-4-6-13-15(10-23)20(27-17(13)8-11)25-18-14-9-12(22)5-7-16(14)24-19(18)26/h5,7,9,11H,4,6,8H2,1-3H3,(H,24,25,26)/t11-/m1/s1. The van der Waals surface area contributed by atoms with Crippen LogP contribution in [0.25, 0.3) is 0 Å². The van der Waals surface area contributed by atoms with Crippen LogP contribution < -0.4 is 5.32 Å². The lowest BCUT2D eigenvalue weighted by Gasteiger charge is -2.33. The first-order valence-corrected chi connectivity index (χ1v) is 10.2. The number of hydrogen-bond donors (Lipinski definition) is 1. The van der Waals surface area contributed by atoms with Crippen molar-refractivity contribution in [3.63, 3.8) is 0 Å². The van der Waals surface area contributed by atoms with Gasteiger partial charge >= 0.3 is 0 Å². The normalized spacial score (nSPS) is 20.2. The van der Waals surface area contributed by atoms with E-state index in [1.807, 2.05) is 0 Å². The Labute approximate surface area is 167 Å². The Kier molecular flexibility index (Phi) is 4.37. The van der Waals surface area contributed by atoms with Crippen LogP contribution in [0.15, 0.2) is 23.2 Å². The van der Waals surface area contributed by atoms with Crippen molar-refractivity contribution < 1.29 is 4.79 Å². The molecule has 1 aromatic heterocycles. The number of amides is 1. The number of carbonyl (C=O) groups is 1. The van der Waals surface area contributed by atoms with E-state index in [1.165, 1.54) is 4.88 Å². The van der Waals surface area contributed by atoms with Crippen molar-refractivity contribution in [1.29, 1.82) is 5.26 Å². The van der Waals surface area contributed by atoms with Gasteiger partial charge in [0.25, 0.3) is 5.91 Å². The van der Waals surface area contributed by atoms with Gasteiger partial charge in [-0.2, -0.15) is 5.26 Å². The smallest absolute Gasteiger partial charge is 0.275 e. The minimum Gasteiger partial charge on any atom is -0.320 e. The van der Waals surface area contributed by atoms with Gasteiger partial charge in [0.15, 0.2) is 0 Å². The zero-order valence-electron chi connectivity index (χ0n) is 15.5. The molecule has 2 aromatic rings. The molecule has 2 heterocycles. The SMILES string of the molecule is CC(C)(C)[C@@H]1CCc2c(sc(N=C3C(=O)Nc4ccc(Cl)cc43)c2C#N)C1. The number of benzene rings is 1. The molecule has 4 nitrogen and oxygen atoms in total. The number of thiophene rings is 1. The van der Waals surface area contributed by atoms with E-state index in [0.717, 1.165) is 24.8 Å². The monoisotopic (exact) mass is 397 g/mol. The lowest BCUT2D eigenvalue weighted by atomic mass is 9.72. The van der Waals surface area contributed by atoms with Gasteiger partial charge in [-0.1, -0.05) is 32.4 Å². The third kappa shape index (κ3) is 3.18. The average Bonchev–Trinajstić information content (AvgIpc) is 3.11. The second-order valence-corrected chi connectivity index (χ2v) is 9.73. The first-order chi connectivity index (χ1) is 12.8. The molecular formula is C21H20ClN3OS. The van der Waals surface area contributed by atoms with Crippen LogP contribution in [-0.2, 0) is 17.6 Å². The number of rotatable bonds is 1. The van der Waals surface area contributed by atoms with E-state index in [0.29, 0.717) is 38.5 Å². The zero-order chi connectivity index (χ0) is 19.3. The largest absolute Gasteiger partial charge is 0.320 e. The summed E-state index contributed by atoms with van der Waals surface area (Å²) in [4.78, 5) is 18.3. The summed E-state index contributed by atoms with van der Waals surface area (Å²) in [6.07, 6.45) is 2.95. The van der Waals surface area contributed by atoms with Crippen LogP contribution in [0, 0.1) is 22.7 Å². The van der Waals surface area contributed by atoms with Gasteiger partial charge in [0, 0.05) is 15.5 Å². The van der Waals surface area contributed by atoms with Gasteiger partial charge in [0.05, 0.1) is 11.3 Å². The molecular weight excluding hydrogens is 378 g/mol. The molecule has 2 aliphatic rings. The van der Waals surface area contributed by atoms with Crippen molar-refractivity contribution in [1.82, 2.24) is 0 Å². The summed E-state index contributed by atoms with van der Waals surface area (Å²) in [5, 5.41) is 13.7. The molecule has 0 radical (unpaired) electrons. The highest BCUT2D eigenvalue weighted by atomic mass is 35.5. The van der Waals surface area contributed by atoms with E-state index in [2.05, 4.69) is 37.1 Å². The average molecular weight is 398 g/mol. The van der Waals surface area contributed by atoms with E-state index in [-0.39, 0.29) is 11.3 Å². The fraction of sp³-hybridized carbons (Fsp3) is 0.381. The fourth-order valence-corrected chi connectivity index (χ4v) is 5.27. The van der Waals surface area contributed by atoms with Gasteiger partial charge in [-0.15, -0.1) is 11.3 Å². The molecule has 0 saturated heterocycles. The zero-order valence-corrected chi connectivity index (χ0v) is 17.1. The minimum absolute atomic E-state index is 0.238. The molecule has 0 fully saturated rings. The number of nitrogens with zero attached hydrogens (tertiary/aromatic N) is 2. The van der Waals surface area contributed by atoms with Crippen LogP contribution in [0.1, 0.15) is 48.8 Å². The molecule has 1 aliphatic carbocycles. The van der Waals surface area contributed by atoms with Crippen molar-refractivity contribution in [2.45, 2.75) is 40.0 Å². The second-order valence-electron chi connectivity index (χ2n) is 8.21. The Hall–Kier alpha value is -2.16. The van der Waals surface area contributed by atoms with Gasteiger partial charge in [-0.25, -0.2) is 4.99 Å². The Morgan fingerprint density at radius 2 is 2.15 bits per heavy atom. The molecule has 4 rings (SSSR count). The topological polar surface area (TPSA) is 65.2 Å². The molecule has 0 spiro atoms. The number of hydrogen-bond acceptors (Lipinski definition) is 4. The van der Waals surface area contributed by atoms with E-state index >= 15 is 0 Å². The van der Waals surface area contributed by atoms with Crippen LogP contribution >= 0.6 is 22.9 Å². The van der Waals surface area contributed by atoms with E-state index in [4.69, 9.17) is 11.6 Å². The van der Waals surface area contributed by atoms with Crippen LogP contribution in [0.4, 0.5) is 10.7 Å². The van der Waals surface area contributed by atoms with Gasteiger partial charge < -0.3 is 5.32 Å². The number of anilines is 1. The van der Waals surface area contributed by atoms with Crippen molar-refractivity contribution in [3.8, 4) is 6.07 Å². The van der Waals surface area contributed by atoms with Crippen molar-refractivity contribution in [3.05, 3.63) is 44.8 Å². The maximum absolute atomic E-state index is 12.4. The lowest BCUT2D eigenvalue weighted by Crippen LogP contribution is -2.26. The highest BCUT2D eigenvalue weighted by Gasteiger charge is 2.33. The van der Waals surface area contributed by atoms with Crippen LogP contribution in [-0.4, -0.2) is 11.6 Å². The van der Waals surface area contributed by atoms with Crippen LogP contribution in [0.2, 0.25) is 5.02 Å². The molecule has 1 aromatic carbocycles. The molecule has 0 saturated carbocycles. The Morgan fingerprint density at radius 1 is 1.37 bits per heavy atom. The highest BCUT2D eigenvalue weighted by molar-refractivity contribution is 7.16. The number of fused-ring (bicyclic) bond motifs is 2. The van der Waals surface area contributed by atoms with Gasteiger partial charge in [0.2, 0.25) is 0 Å². The van der Waals surface area contributed by atoms with E-state index < -0.39 is 0 Å². The summed E-state index contributed by atoms with van der Waals surface area (Å²) >= 11 is 7.65. The first-order valence-electron chi connectivity index (χ1n) is 9.02. The molecule has 0 unspecified atom stereocenters. The summed E-state index contributed by atoms with van der Waals surface area (Å²) in [6, 6.07) is 7.58. The highest BCUT2D eigenvalue weighted by Crippen LogP contribution is 2.45. The Morgan fingerprint density at radius 3 is 2.85 bits per heavy atom. The minimum atomic E-state index is -0.255. The number of halogens is 1. The van der Waals surface area contributed by atoms with Crippen molar-refractivity contribution >= 4 is 45.2 Å². The van der Waals surface area contributed by atoms with E-state index in [1.54, 1.807) is 29.5 Å². The molecule has 138 valence electrons. The fourth-order valence-electron chi connectivity index (χ4n) is 3.84. The predicted octanol–water partition coefficient (Wildman–Crippen LogP) is 5.50. The first kappa shape index (κ1) is 18.2. The van der Waals surface area contributed by atoms with Crippen LogP contribution in [0.3, 0.4) is 0 Å². The number of carbonyl (C=O) groups excluding carboxylic acids is 1. The molecule has 1 atom stereocenters. The summed E-state index contributed by atoms with van der Waals surface area (Å²) in [5.41, 5.74) is 3.70. The van der Waals surface area contributed by atoms with Gasteiger partial charge in [0.1, 0.15) is 16.8 Å². The quantitative estimate of drug-likeness (QED) is 0.690. The summed E-state index contributed by atoms with van der Waals surface area (Å²) in [6.45, 7) is 6.81. The molecule has 1 aliphatic heterocycles. The summed E-state index contributed by atoms with van der Waals surface area (Å²) < 4.78 is 0. The van der Waals surface area contributed by atoms with E-state index in [9.17, 15) is 10.1 Å². The van der Waals surface area contributed by atoms with Gasteiger partial charge in [-0.3, -0.25) is 4.79 Å². The van der Waals surface area contributed by atoms with Crippen molar-refractivity contribution in [2.24, 2.45) is 16.3 Å². The maximum Gasteiger partial charge on any atom is 0.275 e. The molecule has 0 bridgehead atoms. The molecule has 27 heavy (non-hydrogen) atoms. The lowest BCUT2D eigenvalue weighted by molar-refractivity contribution is -0.110. The number of aliphatic imine (C=N–C) groups is 1. The molecule has 1 N–H and O–H groups in total. The Bertz CT molecular complexity index is 1020. The second kappa shape index (κ2) is 6.47. The van der Waals surface area contributed by atoms with Crippen LogP contribution in [0.5, 0.6) is 0 Å². The summed E-state index contributed by atoms with van der Waals surface area (Å²) in [7, 11) is 0. The third-order valence-electron chi connectivity index (χ3n) is 5.50. The molecule has 6 heteroatoms.